The Morgan fingerprint density at radius 2 is 1.35 bits per heavy atom. The van der Waals surface area contributed by atoms with Crippen LogP contribution in [0.2, 0.25) is 0 Å². The molecular formula is C27H26N2O7S. The maximum atomic E-state index is 12.7. The molecule has 0 saturated carbocycles. The smallest absolute Gasteiger partial charge is 0.238 e. The summed E-state index contributed by atoms with van der Waals surface area (Å²) in [5.41, 5.74) is 2.27. The summed E-state index contributed by atoms with van der Waals surface area (Å²) < 4.78 is 33.3. The second kappa shape index (κ2) is 11.9. The van der Waals surface area contributed by atoms with Crippen LogP contribution in [-0.4, -0.2) is 38.6 Å². The minimum atomic E-state index is -3.84. The average Bonchev–Trinajstić information content (AvgIpc) is 2.87. The number of carbonyl (C=O) groups excluding carboxylic acids is 1. The van der Waals surface area contributed by atoms with Crippen molar-refractivity contribution in [3.05, 3.63) is 95.7 Å². The van der Waals surface area contributed by atoms with Gasteiger partial charge in [-0.3, -0.25) is 4.79 Å². The van der Waals surface area contributed by atoms with Crippen LogP contribution in [0, 0.1) is 0 Å². The van der Waals surface area contributed by atoms with Gasteiger partial charge in [-0.15, -0.1) is 0 Å². The van der Waals surface area contributed by atoms with E-state index in [1.54, 1.807) is 42.5 Å². The molecule has 10 heteroatoms. The number of hydrogen-bond acceptors (Lipinski definition) is 8. The molecule has 0 saturated heterocycles. The first-order valence-electron chi connectivity index (χ1n) is 10.8. The van der Waals surface area contributed by atoms with Crippen LogP contribution in [-0.2, 0) is 14.8 Å². The number of ether oxygens (including phenoxy) is 2. The van der Waals surface area contributed by atoms with Gasteiger partial charge in [0.25, 0.3) is 0 Å². The maximum absolute atomic E-state index is 12.7. The van der Waals surface area contributed by atoms with E-state index in [1.807, 2.05) is 0 Å². The van der Waals surface area contributed by atoms with Crippen molar-refractivity contribution in [2.45, 2.75) is 4.90 Å². The number of phenols is 2. The van der Waals surface area contributed by atoms with E-state index in [4.69, 9.17) is 14.6 Å². The Kier molecular flexibility index (Phi) is 8.72. The number of anilines is 1. The molecule has 3 aromatic rings. The Labute approximate surface area is 214 Å². The van der Waals surface area contributed by atoms with Crippen molar-refractivity contribution in [1.29, 1.82) is 0 Å². The molecule has 9 nitrogen and oxygen atoms in total. The number of phenolic OH excluding ortho intramolecular Hbond substituents is 2. The number of allylic oxidation sites excluding steroid dienone is 3. The van der Waals surface area contributed by atoms with Gasteiger partial charge < -0.3 is 25.0 Å². The number of rotatable bonds is 10. The zero-order valence-electron chi connectivity index (χ0n) is 20.1. The van der Waals surface area contributed by atoms with Gasteiger partial charge >= 0.3 is 0 Å². The Morgan fingerprint density at radius 1 is 0.838 bits per heavy atom. The minimum absolute atomic E-state index is 0.00494. The molecule has 3 rings (SSSR count). The van der Waals surface area contributed by atoms with Crippen LogP contribution in [0.4, 0.5) is 5.69 Å². The van der Waals surface area contributed by atoms with E-state index >= 15 is 0 Å². The average molecular weight is 523 g/mol. The number of hydrogen-bond donors (Lipinski definition) is 4. The summed E-state index contributed by atoms with van der Waals surface area (Å²) in [5, 5.41) is 27.8. The van der Waals surface area contributed by atoms with Gasteiger partial charge in [0.1, 0.15) is 0 Å². The third kappa shape index (κ3) is 7.72. The van der Waals surface area contributed by atoms with Crippen LogP contribution in [0.5, 0.6) is 23.0 Å². The molecule has 0 aliphatic carbocycles. The lowest BCUT2D eigenvalue weighted by Gasteiger charge is -2.09. The number of benzene rings is 3. The van der Waals surface area contributed by atoms with Gasteiger partial charge in [0.15, 0.2) is 28.8 Å². The van der Waals surface area contributed by atoms with Crippen LogP contribution in [0.3, 0.4) is 0 Å². The van der Waals surface area contributed by atoms with Gasteiger partial charge in [0, 0.05) is 17.5 Å². The molecule has 0 aliphatic heterocycles. The molecule has 3 aromatic carbocycles. The molecule has 0 aliphatic rings. The molecule has 0 aromatic heterocycles. The van der Waals surface area contributed by atoms with Crippen molar-refractivity contribution in [1.82, 2.24) is 0 Å². The lowest BCUT2D eigenvalue weighted by molar-refractivity contribution is -0.110. The molecule has 5 N–H and O–H groups in total. The standard InChI is InChI=1S/C27H26N2O7S/c1-35-26-15-18(5-13-24(26)31)3-7-21(29-20-8-11-23(12-9-20)37(28,33)34)17-22(30)10-4-19-6-14-25(32)27(16-19)36-2/h3-17,29,31-32H,1-2H3,(H2,28,33,34)/b7-3+,10-4+,21-17?. The number of aromatic hydroxyl groups is 2. The molecule has 0 spiro atoms. The molecule has 0 bridgehead atoms. The molecular weight excluding hydrogens is 496 g/mol. The van der Waals surface area contributed by atoms with Crippen molar-refractivity contribution in [2.24, 2.45) is 5.14 Å². The third-order valence-corrected chi connectivity index (χ3v) is 6.00. The lowest BCUT2D eigenvalue weighted by atomic mass is 10.1. The SMILES string of the molecule is COc1cc(/C=C/C(=O)C=C(/C=C/c2ccc(O)c(OC)c2)Nc2ccc(S(N)(=O)=O)cc2)ccc1O. The molecule has 192 valence electrons. The Hall–Kier alpha value is -4.54. The van der Waals surface area contributed by atoms with Crippen molar-refractivity contribution in [3.63, 3.8) is 0 Å². The first kappa shape index (κ1) is 27.1. The van der Waals surface area contributed by atoms with Crippen molar-refractivity contribution in [3.8, 4) is 23.0 Å². The second-order valence-corrected chi connectivity index (χ2v) is 9.29. The van der Waals surface area contributed by atoms with Gasteiger partial charge in [-0.05, 0) is 71.8 Å². The lowest BCUT2D eigenvalue weighted by Crippen LogP contribution is -2.12. The van der Waals surface area contributed by atoms with E-state index < -0.39 is 10.0 Å². The highest BCUT2D eigenvalue weighted by atomic mass is 32.2. The first-order valence-corrected chi connectivity index (χ1v) is 12.4. The third-order valence-electron chi connectivity index (χ3n) is 5.07. The van der Waals surface area contributed by atoms with E-state index in [1.165, 1.54) is 62.8 Å². The monoisotopic (exact) mass is 522 g/mol. The molecule has 37 heavy (non-hydrogen) atoms. The molecule has 0 fully saturated rings. The summed E-state index contributed by atoms with van der Waals surface area (Å²) in [7, 11) is -0.971. The quantitative estimate of drug-likeness (QED) is 0.230. The molecule has 0 heterocycles. The number of nitrogens with one attached hydrogen (secondary N) is 1. The predicted molar refractivity (Wildman–Crippen MR) is 142 cm³/mol. The number of methoxy groups -OCH3 is 2. The molecule has 0 unspecified atom stereocenters. The molecule has 0 radical (unpaired) electrons. The van der Waals surface area contributed by atoms with E-state index in [0.29, 0.717) is 28.3 Å². The highest BCUT2D eigenvalue weighted by molar-refractivity contribution is 7.89. The van der Waals surface area contributed by atoms with E-state index in [2.05, 4.69) is 5.32 Å². The minimum Gasteiger partial charge on any atom is -0.504 e. The normalized spacial score (nSPS) is 12.1. The van der Waals surface area contributed by atoms with E-state index in [9.17, 15) is 23.4 Å². The second-order valence-electron chi connectivity index (χ2n) is 7.73. The Morgan fingerprint density at radius 3 is 1.84 bits per heavy atom. The van der Waals surface area contributed by atoms with Crippen molar-refractivity contribution in [2.75, 3.05) is 19.5 Å². The van der Waals surface area contributed by atoms with Crippen LogP contribution < -0.4 is 19.9 Å². The van der Waals surface area contributed by atoms with Gasteiger partial charge in [0.2, 0.25) is 10.0 Å². The van der Waals surface area contributed by atoms with Crippen LogP contribution in [0.15, 0.2) is 89.5 Å². The van der Waals surface area contributed by atoms with Crippen LogP contribution >= 0.6 is 0 Å². The van der Waals surface area contributed by atoms with Gasteiger partial charge in [-0.2, -0.15) is 0 Å². The Bertz CT molecular complexity index is 1480. The van der Waals surface area contributed by atoms with Gasteiger partial charge in [-0.1, -0.05) is 24.3 Å². The van der Waals surface area contributed by atoms with E-state index in [-0.39, 0.29) is 27.9 Å². The molecule has 0 amide bonds. The zero-order chi connectivity index (χ0) is 27.0. The van der Waals surface area contributed by atoms with Crippen LogP contribution in [0.1, 0.15) is 11.1 Å². The highest BCUT2D eigenvalue weighted by Gasteiger charge is 2.08. The topological polar surface area (TPSA) is 148 Å². The fourth-order valence-electron chi connectivity index (χ4n) is 3.18. The summed E-state index contributed by atoms with van der Waals surface area (Å²) in [6.45, 7) is 0. The largest absolute Gasteiger partial charge is 0.504 e. The highest BCUT2D eigenvalue weighted by Crippen LogP contribution is 2.28. The van der Waals surface area contributed by atoms with Crippen molar-refractivity contribution < 1.29 is 32.9 Å². The Balaban J connectivity index is 1.89. The number of ketones is 1. The van der Waals surface area contributed by atoms with E-state index in [0.717, 1.165) is 0 Å². The summed E-state index contributed by atoms with van der Waals surface area (Å²) in [6, 6.07) is 15.2. The first-order chi connectivity index (χ1) is 17.6. The number of primary sulfonamides is 1. The summed E-state index contributed by atoms with van der Waals surface area (Å²) in [5.74, 6) is 0.213. The fraction of sp³-hybridized carbons (Fsp3) is 0.0741. The number of carbonyl (C=O) groups is 1. The molecule has 0 atom stereocenters. The number of sulfonamides is 1. The van der Waals surface area contributed by atoms with Crippen LogP contribution in [0.25, 0.3) is 12.2 Å². The zero-order valence-corrected chi connectivity index (χ0v) is 20.9. The van der Waals surface area contributed by atoms with Gasteiger partial charge in [0.05, 0.1) is 19.1 Å². The van der Waals surface area contributed by atoms with Gasteiger partial charge in [-0.25, -0.2) is 13.6 Å². The maximum Gasteiger partial charge on any atom is 0.238 e. The summed E-state index contributed by atoms with van der Waals surface area (Å²) >= 11 is 0. The predicted octanol–water partition coefficient (Wildman–Crippen LogP) is 4.05. The summed E-state index contributed by atoms with van der Waals surface area (Å²) in [4.78, 5) is 12.7. The summed E-state index contributed by atoms with van der Waals surface area (Å²) in [6.07, 6.45) is 7.65. The van der Waals surface area contributed by atoms with Crippen molar-refractivity contribution >= 4 is 33.6 Å². The fourth-order valence-corrected chi connectivity index (χ4v) is 3.70. The number of nitrogens with two attached hydrogens (primary N) is 1.